The molecule has 0 saturated carbocycles. The monoisotopic (exact) mass is 420 g/mol. The van der Waals surface area contributed by atoms with Crippen LogP contribution in [0.3, 0.4) is 0 Å². The quantitative estimate of drug-likeness (QED) is 0.478. The van der Waals surface area contributed by atoms with Gasteiger partial charge in [0.05, 0.1) is 11.1 Å². The Morgan fingerprint density at radius 3 is 1.36 bits per heavy atom. The van der Waals surface area contributed by atoms with Crippen LogP contribution in [0.2, 0.25) is 0 Å². The van der Waals surface area contributed by atoms with Crippen LogP contribution < -0.4 is 0 Å². The van der Waals surface area contributed by atoms with Crippen molar-refractivity contribution >= 4 is 23.1 Å². The van der Waals surface area contributed by atoms with Crippen LogP contribution in [0.25, 0.3) is 22.8 Å². The molecule has 4 rings (SSSR count). The molecular formula is C16H12N4O2S2Zn. The number of para-hydroxylation sites is 2. The van der Waals surface area contributed by atoms with E-state index in [-0.39, 0.29) is 31.0 Å². The van der Waals surface area contributed by atoms with E-state index >= 15 is 0 Å². The zero-order valence-corrected chi connectivity index (χ0v) is 17.6. The second kappa shape index (κ2) is 9.31. The zero-order chi connectivity index (χ0) is 16.8. The minimum Gasteiger partial charge on any atom is -0.507 e. The van der Waals surface area contributed by atoms with Crippen molar-refractivity contribution < 1.29 is 29.7 Å². The Morgan fingerprint density at radius 2 is 1.04 bits per heavy atom. The molecule has 0 spiro atoms. The second-order valence-electron chi connectivity index (χ2n) is 4.54. The predicted octanol–water partition coefficient (Wildman–Crippen LogP) is 3.82. The topological polar surface area (TPSA) is 92.0 Å². The fourth-order valence-electron chi connectivity index (χ4n) is 1.90. The van der Waals surface area contributed by atoms with Crippen LogP contribution in [0.15, 0.2) is 59.6 Å². The van der Waals surface area contributed by atoms with Crippen molar-refractivity contribution in [3.05, 3.63) is 59.6 Å². The summed E-state index contributed by atoms with van der Waals surface area (Å²) in [4.78, 5) is 7.99. The molecule has 0 fully saturated rings. The van der Waals surface area contributed by atoms with Gasteiger partial charge in [0.25, 0.3) is 0 Å². The number of hydrogen-bond donors (Lipinski definition) is 2. The molecule has 0 saturated heterocycles. The van der Waals surface area contributed by atoms with Crippen molar-refractivity contribution in [3.63, 3.8) is 0 Å². The standard InChI is InChI=1S/2C8H6N2OS.Zn/c2*11-7-4-2-1-3-6(7)8-9-5-12-10-8;/h2*1-5,11H;. The molecule has 0 atom stereocenters. The van der Waals surface area contributed by atoms with E-state index in [9.17, 15) is 10.2 Å². The summed E-state index contributed by atoms with van der Waals surface area (Å²) >= 11 is 2.54. The maximum atomic E-state index is 9.41. The molecule has 2 heterocycles. The fourth-order valence-corrected chi connectivity index (χ4v) is 2.78. The van der Waals surface area contributed by atoms with Crippen molar-refractivity contribution in [2.75, 3.05) is 0 Å². The molecule has 9 heteroatoms. The minimum atomic E-state index is 0. The van der Waals surface area contributed by atoms with Crippen LogP contribution >= 0.6 is 23.1 Å². The number of phenolic OH excluding ortho intramolecular Hbond substituents is 2. The average Bonchev–Trinajstić information content (AvgIpc) is 3.30. The fraction of sp³-hybridized carbons (Fsp3) is 0. The Balaban J connectivity index is 0.000000173. The van der Waals surface area contributed by atoms with Crippen LogP contribution in [-0.4, -0.2) is 28.9 Å². The van der Waals surface area contributed by atoms with Gasteiger partial charge >= 0.3 is 0 Å². The summed E-state index contributed by atoms with van der Waals surface area (Å²) in [5.74, 6) is 1.60. The number of nitrogens with zero attached hydrogens (tertiary/aromatic N) is 4. The molecular weight excluding hydrogens is 410 g/mol. The molecule has 0 aliphatic carbocycles. The number of aromatic hydroxyl groups is 2. The molecule has 25 heavy (non-hydrogen) atoms. The van der Waals surface area contributed by atoms with Gasteiger partial charge in [-0.05, 0) is 47.3 Å². The third-order valence-electron chi connectivity index (χ3n) is 3.01. The maximum Gasteiger partial charge on any atom is 0.176 e. The zero-order valence-electron chi connectivity index (χ0n) is 13.0. The van der Waals surface area contributed by atoms with Crippen molar-refractivity contribution in [1.82, 2.24) is 18.7 Å². The van der Waals surface area contributed by atoms with Gasteiger partial charge in [-0.3, -0.25) is 0 Å². The van der Waals surface area contributed by atoms with Gasteiger partial charge < -0.3 is 10.2 Å². The van der Waals surface area contributed by atoms with E-state index in [1.807, 2.05) is 12.1 Å². The first kappa shape index (κ1) is 19.1. The predicted molar refractivity (Wildman–Crippen MR) is 94.0 cm³/mol. The second-order valence-corrected chi connectivity index (χ2v) is 5.75. The van der Waals surface area contributed by atoms with Crippen molar-refractivity contribution in [3.8, 4) is 34.3 Å². The molecule has 4 aromatic rings. The van der Waals surface area contributed by atoms with E-state index in [4.69, 9.17) is 0 Å². The van der Waals surface area contributed by atoms with Gasteiger partial charge in [-0.2, -0.15) is 8.75 Å². The van der Waals surface area contributed by atoms with Gasteiger partial charge in [-0.15, -0.1) is 0 Å². The number of aromatic nitrogens is 4. The number of hydrogen-bond acceptors (Lipinski definition) is 8. The van der Waals surface area contributed by atoms with Gasteiger partial charge in [0.15, 0.2) is 11.6 Å². The van der Waals surface area contributed by atoms with Crippen LogP contribution in [0.4, 0.5) is 0 Å². The number of phenols is 2. The molecule has 2 N–H and O–H groups in total. The van der Waals surface area contributed by atoms with Gasteiger partial charge in [-0.25, -0.2) is 9.97 Å². The first-order valence-electron chi connectivity index (χ1n) is 6.85. The summed E-state index contributed by atoms with van der Waals surface area (Å²) in [5.41, 5.74) is 4.64. The molecule has 0 radical (unpaired) electrons. The van der Waals surface area contributed by atoms with E-state index in [1.165, 1.54) is 23.1 Å². The Bertz CT molecular complexity index is 826. The largest absolute Gasteiger partial charge is 0.507 e. The van der Waals surface area contributed by atoms with Crippen LogP contribution in [0.1, 0.15) is 0 Å². The maximum absolute atomic E-state index is 9.41. The van der Waals surface area contributed by atoms with E-state index in [2.05, 4.69) is 18.7 Å². The van der Waals surface area contributed by atoms with Gasteiger partial charge in [-0.1, -0.05) is 24.3 Å². The summed E-state index contributed by atoms with van der Waals surface area (Å²) in [6.45, 7) is 0. The minimum absolute atomic E-state index is 0. The summed E-state index contributed by atoms with van der Waals surface area (Å²) in [5, 5.41) is 18.8. The van der Waals surface area contributed by atoms with Gasteiger partial charge in [0, 0.05) is 19.5 Å². The van der Waals surface area contributed by atoms with Crippen LogP contribution in [-0.2, 0) is 19.5 Å². The van der Waals surface area contributed by atoms with Crippen molar-refractivity contribution in [1.29, 1.82) is 0 Å². The average molecular weight is 422 g/mol. The molecule has 0 aliphatic heterocycles. The molecule has 2 aromatic heterocycles. The Hall–Kier alpha value is -2.22. The number of rotatable bonds is 2. The smallest absolute Gasteiger partial charge is 0.176 e. The van der Waals surface area contributed by atoms with Crippen molar-refractivity contribution in [2.45, 2.75) is 0 Å². The van der Waals surface area contributed by atoms with E-state index in [0.717, 1.165) is 0 Å². The van der Waals surface area contributed by atoms with E-state index in [1.54, 1.807) is 47.4 Å². The Morgan fingerprint density at radius 1 is 0.640 bits per heavy atom. The third-order valence-corrected chi connectivity index (χ3v) is 3.97. The molecule has 122 valence electrons. The number of benzene rings is 2. The van der Waals surface area contributed by atoms with Gasteiger partial charge in [0.2, 0.25) is 0 Å². The molecule has 2 aromatic carbocycles. The van der Waals surface area contributed by atoms with E-state index < -0.39 is 0 Å². The Kier molecular flexibility index (Phi) is 7.12. The molecule has 0 bridgehead atoms. The molecule has 0 unspecified atom stereocenters. The normalized spacial score (nSPS) is 9.60. The molecule has 6 nitrogen and oxygen atoms in total. The Labute approximate surface area is 165 Å². The SMILES string of the molecule is Oc1ccccc1-c1ncsn1.Oc1ccccc1-c1ncsn1.[Zn]. The first-order chi connectivity index (χ1) is 11.8. The van der Waals surface area contributed by atoms with Crippen molar-refractivity contribution in [2.24, 2.45) is 0 Å². The summed E-state index contributed by atoms with van der Waals surface area (Å²) < 4.78 is 8.04. The van der Waals surface area contributed by atoms with E-state index in [0.29, 0.717) is 22.8 Å². The summed E-state index contributed by atoms with van der Waals surface area (Å²) in [6, 6.07) is 14.0. The van der Waals surface area contributed by atoms with Gasteiger partial charge in [0.1, 0.15) is 22.5 Å². The first-order valence-corrected chi connectivity index (χ1v) is 8.52. The summed E-state index contributed by atoms with van der Waals surface area (Å²) in [7, 11) is 0. The van der Waals surface area contributed by atoms with Crippen LogP contribution in [0, 0.1) is 0 Å². The molecule has 0 aliphatic rings. The molecule has 0 amide bonds. The summed E-state index contributed by atoms with van der Waals surface area (Å²) in [6.07, 6.45) is 0. The third kappa shape index (κ3) is 4.88. The van der Waals surface area contributed by atoms with Crippen LogP contribution in [0.5, 0.6) is 11.5 Å².